The van der Waals surface area contributed by atoms with E-state index in [2.05, 4.69) is 60.4 Å². The summed E-state index contributed by atoms with van der Waals surface area (Å²) >= 11 is 0. The van der Waals surface area contributed by atoms with Crippen molar-refractivity contribution in [1.82, 2.24) is 15.2 Å². The first-order valence-electron chi connectivity index (χ1n) is 8.14. The van der Waals surface area contributed by atoms with Crippen LogP contribution in [0.25, 0.3) is 0 Å². The molecule has 122 valence electrons. The number of hydrogen-bond acceptors (Lipinski definition) is 2. The number of benzene rings is 1. The highest BCUT2D eigenvalue weighted by Crippen LogP contribution is 2.09. The summed E-state index contributed by atoms with van der Waals surface area (Å²) in [6, 6.07) is 14.5. The van der Waals surface area contributed by atoms with E-state index in [4.69, 9.17) is 4.99 Å². The van der Waals surface area contributed by atoms with Crippen molar-refractivity contribution in [3.63, 3.8) is 0 Å². The van der Waals surface area contributed by atoms with Gasteiger partial charge in [-0.25, -0.2) is 0 Å². The molecule has 1 aromatic carbocycles. The number of pyridine rings is 1. The van der Waals surface area contributed by atoms with Gasteiger partial charge in [0, 0.05) is 45.0 Å². The molecule has 0 bridgehead atoms. The van der Waals surface area contributed by atoms with Gasteiger partial charge in [0.05, 0.1) is 0 Å². The zero-order valence-electron chi connectivity index (χ0n) is 14.3. The zero-order valence-corrected chi connectivity index (χ0v) is 14.3. The molecule has 1 N–H and O–H groups in total. The van der Waals surface area contributed by atoms with Gasteiger partial charge in [-0.1, -0.05) is 30.3 Å². The third-order valence-electron chi connectivity index (χ3n) is 3.72. The predicted octanol–water partition coefficient (Wildman–Crippen LogP) is 3.03. The maximum Gasteiger partial charge on any atom is 0.193 e. The lowest BCUT2D eigenvalue weighted by Gasteiger charge is -2.23. The quantitative estimate of drug-likeness (QED) is 0.658. The van der Waals surface area contributed by atoms with Gasteiger partial charge in [0.25, 0.3) is 0 Å². The zero-order chi connectivity index (χ0) is 16.5. The Labute approximate surface area is 139 Å². The Morgan fingerprint density at radius 1 is 1.17 bits per heavy atom. The normalized spacial score (nSPS) is 11.3. The maximum absolute atomic E-state index is 4.73. The Balaban J connectivity index is 1.98. The van der Waals surface area contributed by atoms with Crippen LogP contribution in [0.15, 0.2) is 53.7 Å². The average molecular weight is 310 g/mol. The standard InChI is InChI=1S/C19H26N4/c1-4-20-19(22-14-12-18-11-7-8-13-21-18)23(3)15-17-10-6-5-9-16(17)2/h5-11,13H,4,12,14-15H2,1-3H3,(H,20,22). The van der Waals surface area contributed by atoms with Crippen LogP contribution in [-0.4, -0.2) is 36.0 Å². The Bertz CT molecular complexity index is 622. The molecule has 0 atom stereocenters. The summed E-state index contributed by atoms with van der Waals surface area (Å²) in [7, 11) is 2.08. The smallest absolute Gasteiger partial charge is 0.193 e. The minimum Gasteiger partial charge on any atom is -0.357 e. The van der Waals surface area contributed by atoms with Gasteiger partial charge < -0.3 is 10.2 Å². The summed E-state index contributed by atoms with van der Waals surface area (Å²) in [6.45, 7) is 6.68. The highest BCUT2D eigenvalue weighted by atomic mass is 15.3. The van der Waals surface area contributed by atoms with Crippen molar-refractivity contribution in [1.29, 1.82) is 0 Å². The number of guanidine groups is 1. The van der Waals surface area contributed by atoms with Crippen molar-refractivity contribution in [2.75, 3.05) is 20.1 Å². The van der Waals surface area contributed by atoms with E-state index >= 15 is 0 Å². The molecule has 0 aliphatic heterocycles. The molecule has 0 radical (unpaired) electrons. The SMILES string of the molecule is CCNC(=NCCc1ccccn1)N(C)Cc1ccccc1C. The van der Waals surface area contributed by atoms with Gasteiger partial charge in [0.1, 0.15) is 0 Å². The molecule has 2 rings (SSSR count). The highest BCUT2D eigenvalue weighted by molar-refractivity contribution is 5.79. The van der Waals surface area contributed by atoms with Crippen LogP contribution in [0.5, 0.6) is 0 Å². The Hall–Kier alpha value is -2.36. The topological polar surface area (TPSA) is 40.5 Å². The number of rotatable bonds is 6. The highest BCUT2D eigenvalue weighted by Gasteiger charge is 2.07. The molecule has 0 unspecified atom stereocenters. The van der Waals surface area contributed by atoms with Crippen LogP contribution < -0.4 is 5.32 Å². The van der Waals surface area contributed by atoms with Gasteiger partial charge in [-0.2, -0.15) is 0 Å². The van der Waals surface area contributed by atoms with Gasteiger partial charge in [-0.05, 0) is 37.1 Å². The first kappa shape index (κ1) is 17.0. The van der Waals surface area contributed by atoms with Crippen LogP contribution in [0.4, 0.5) is 0 Å². The van der Waals surface area contributed by atoms with Crippen molar-refractivity contribution in [3.05, 3.63) is 65.5 Å². The number of hydrogen-bond donors (Lipinski definition) is 1. The molecular formula is C19H26N4. The maximum atomic E-state index is 4.73. The lowest BCUT2D eigenvalue weighted by molar-refractivity contribution is 0.475. The molecule has 1 aromatic heterocycles. The minimum absolute atomic E-state index is 0.734. The van der Waals surface area contributed by atoms with Crippen LogP contribution >= 0.6 is 0 Å². The van der Waals surface area contributed by atoms with Crippen molar-refractivity contribution in [3.8, 4) is 0 Å². The van der Waals surface area contributed by atoms with Crippen LogP contribution in [0.2, 0.25) is 0 Å². The molecule has 1 heterocycles. The second-order valence-corrected chi connectivity index (χ2v) is 5.59. The van der Waals surface area contributed by atoms with Crippen LogP contribution in [0.3, 0.4) is 0 Å². The van der Waals surface area contributed by atoms with Crippen molar-refractivity contribution < 1.29 is 0 Å². The van der Waals surface area contributed by atoms with E-state index in [0.29, 0.717) is 0 Å². The average Bonchev–Trinajstić information content (AvgIpc) is 2.57. The van der Waals surface area contributed by atoms with E-state index < -0.39 is 0 Å². The number of nitrogens with one attached hydrogen (secondary N) is 1. The minimum atomic E-state index is 0.734. The van der Waals surface area contributed by atoms with Gasteiger partial charge in [-0.15, -0.1) is 0 Å². The van der Waals surface area contributed by atoms with E-state index in [0.717, 1.165) is 37.7 Å². The van der Waals surface area contributed by atoms with Crippen molar-refractivity contribution in [2.24, 2.45) is 4.99 Å². The van der Waals surface area contributed by atoms with Gasteiger partial charge in [-0.3, -0.25) is 9.98 Å². The van der Waals surface area contributed by atoms with Gasteiger partial charge in [0.15, 0.2) is 5.96 Å². The molecule has 0 aliphatic rings. The van der Waals surface area contributed by atoms with Gasteiger partial charge in [0.2, 0.25) is 0 Å². The monoisotopic (exact) mass is 310 g/mol. The molecule has 0 aliphatic carbocycles. The number of nitrogens with zero attached hydrogens (tertiary/aromatic N) is 3. The third kappa shape index (κ3) is 5.40. The summed E-state index contributed by atoms with van der Waals surface area (Å²) in [5.74, 6) is 0.937. The number of aromatic nitrogens is 1. The van der Waals surface area contributed by atoms with E-state index in [9.17, 15) is 0 Å². The lowest BCUT2D eigenvalue weighted by Crippen LogP contribution is -2.38. The molecule has 0 fully saturated rings. The molecule has 0 amide bonds. The molecule has 0 saturated heterocycles. The predicted molar refractivity (Wildman–Crippen MR) is 96.6 cm³/mol. The Morgan fingerprint density at radius 2 is 1.96 bits per heavy atom. The molecular weight excluding hydrogens is 284 g/mol. The third-order valence-corrected chi connectivity index (χ3v) is 3.72. The first-order valence-corrected chi connectivity index (χ1v) is 8.14. The Morgan fingerprint density at radius 3 is 2.65 bits per heavy atom. The van der Waals surface area contributed by atoms with E-state index in [1.165, 1.54) is 11.1 Å². The molecule has 4 nitrogen and oxygen atoms in total. The first-order chi connectivity index (χ1) is 11.2. The fourth-order valence-corrected chi connectivity index (χ4v) is 2.41. The molecule has 4 heteroatoms. The van der Waals surface area contributed by atoms with Crippen LogP contribution in [-0.2, 0) is 13.0 Å². The summed E-state index contributed by atoms with van der Waals surface area (Å²) in [5.41, 5.74) is 3.71. The van der Waals surface area contributed by atoms with E-state index in [1.54, 1.807) is 0 Å². The van der Waals surface area contributed by atoms with E-state index in [1.807, 2.05) is 24.4 Å². The van der Waals surface area contributed by atoms with Gasteiger partial charge >= 0.3 is 0 Å². The van der Waals surface area contributed by atoms with Crippen LogP contribution in [0, 0.1) is 6.92 Å². The van der Waals surface area contributed by atoms with E-state index in [-0.39, 0.29) is 0 Å². The van der Waals surface area contributed by atoms with Crippen molar-refractivity contribution in [2.45, 2.75) is 26.8 Å². The molecule has 0 spiro atoms. The summed E-state index contributed by atoms with van der Waals surface area (Å²) in [4.78, 5) is 11.2. The molecule has 23 heavy (non-hydrogen) atoms. The summed E-state index contributed by atoms with van der Waals surface area (Å²) < 4.78 is 0. The second-order valence-electron chi connectivity index (χ2n) is 5.59. The summed E-state index contributed by atoms with van der Waals surface area (Å²) in [5, 5.41) is 3.36. The molecule has 2 aromatic rings. The second kappa shape index (κ2) is 8.93. The summed E-state index contributed by atoms with van der Waals surface area (Å²) in [6.07, 6.45) is 2.68. The number of aryl methyl sites for hydroxylation is 1. The lowest BCUT2D eigenvalue weighted by atomic mass is 10.1. The van der Waals surface area contributed by atoms with Crippen LogP contribution in [0.1, 0.15) is 23.7 Å². The fourth-order valence-electron chi connectivity index (χ4n) is 2.41. The molecule has 0 saturated carbocycles. The Kier molecular flexibility index (Phi) is 6.60. The largest absolute Gasteiger partial charge is 0.357 e. The van der Waals surface area contributed by atoms with Crippen molar-refractivity contribution >= 4 is 5.96 Å². The fraction of sp³-hybridized carbons (Fsp3) is 0.368. The number of aliphatic imine (C=N–C) groups is 1.